The highest BCUT2D eigenvalue weighted by Crippen LogP contribution is 2.08. The highest BCUT2D eigenvalue weighted by atomic mass is 16.6. The Hall–Kier alpha value is -1.59. The summed E-state index contributed by atoms with van der Waals surface area (Å²) in [5.41, 5.74) is -0.690. The van der Waals surface area contributed by atoms with Gasteiger partial charge in [0.2, 0.25) is 0 Å². The Morgan fingerprint density at radius 2 is 1.88 bits per heavy atom. The van der Waals surface area contributed by atoms with Gasteiger partial charge in [-0.2, -0.15) is 0 Å². The molecule has 2 N–H and O–H groups in total. The molecule has 0 saturated heterocycles. The van der Waals surface area contributed by atoms with Gasteiger partial charge in [-0.1, -0.05) is 0 Å². The maximum atomic E-state index is 11.3. The van der Waals surface area contributed by atoms with Crippen LogP contribution in [0.5, 0.6) is 0 Å². The molecule has 0 fully saturated rings. The Morgan fingerprint density at radius 1 is 1.38 bits per heavy atom. The molecule has 0 aliphatic rings. The molecule has 0 aromatic heterocycles. The van der Waals surface area contributed by atoms with Crippen LogP contribution in [-0.4, -0.2) is 35.1 Å². The molecule has 0 saturated carbocycles. The Bertz CT molecular complexity index is 281. The molecule has 6 heteroatoms. The van der Waals surface area contributed by atoms with Gasteiger partial charge in [-0.25, -0.2) is 4.79 Å². The number of aliphatic carboxylic acids is 1. The highest BCUT2D eigenvalue weighted by Gasteiger charge is 2.26. The summed E-state index contributed by atoms with van der Waals surface area (Å²) in [5.74, 6) is -2.15. The van der Waals surface area contributed by atoms with Crippen molar-refractivity contribution in [2.24, 2.45) is 5.92 Å². The number of carbonyl (C=O) groups is 3. The zero-order valence-corrected chi connectivity index (χ0v) is 9.81. The number of hydrogen-bond donors (Lipinski definition) is 2. The molecular weight excluding hydrogens is 214 g/mol. The van der Waals surface area contributed by atoms with Gasteiger partial charge in [-0.3, -0.25) is 4.79 Å². The van der Waals surface area contributed by atoms with Gasteiger partial charge < -0.3 is 20.0 Å². The van der Waals surface area contributed by atoms with Crippen molar-refractivity contribution in [2.75, 3.05) is 0 Å². The Kier molecular flexibility index (Phi) is 4.94. The summed E-state index contributed by atoms with van der Waals surface area (Å²) in [5, 5.41) is 10.9. The average Bonchev–Trinajstić information content (AvgIpc) is 2.09. The SMILES string of the molecule is C[C@H](C(=O)O)C(C=O)NC(=O)OC(C)(C)C. The predicted octanol–water partition coefficient (Wildman–Crippen LogP) is 0.799. The first-order valence-corrected chi connectivity index (χ1v) is 4.85. The Morgan fingerprint density at radius 3 is 2.19 bits per heavy atom. The summed E-state index contributed by atoms with van der Waals surface area (Å²) in [4.78, 5) is 32.5. The van der Waals surface area contributed by atoms with Crippen LogP contribution >= 0.6 is 0 Å². The fourth-order valence-electron chi connectivity index (χ4n) is 0.874. The minimum atomic E-state index is -1.16. The van der Waals surface area contributed by atoms with Crippen molar-refractivity contribution in [3.63, 3.8) is 0 Å². The van der Waals surface area contributed by atoms with Gasteiger partial charge in [0.15, 0.2) is 0 Å². The van der Waals surface area contributed by atoms with Gasteiger partial charge in [-0.15, -0.1) is 0 Å². The Labute approximate surface area is 94.0 Å². The predicted molar refractivity (Wildman–Crippen MR) is 56.0 cm³/mol. The van der Waals surface area contributed by atoms with Gasteiger partial charge in [0.25, 0.3) is 0 Å². The summed E-state index contributed by atoms with van der Waals surface area (Å²) >= 11 is 0. The number of carboxylic acid groups (broad SMARTS) is 1. The molecule has 0 radical (unpaired) electrons. The van der Waals surface area contributed by atoms with E-state index in [4.69, 9.17) is 9.84 Å². The Balaban J connectivity index is 4.39. The molecule has 92 valence electrons. The number of aldehydes is 1. The maximum absolute atomic E-state index is 11.3. The van der Waals surface area contributed by atoms with Crippen LogP contribution in [0.15, 0.2) is 0 Å². The van der Waals surface area contributed by atoms with E-state index in [9.17, 15) is 14.4 Å². The number of carbonyl (C=O) groups excluding carboxylic acids is 2. The van der Waals surface area contributed by atoms with Crippen LogP contribution in [0.1, 0.15) is 27.7 Å². The van der Waals surface area contributed by atoms with Gasteiger partial charge in [0.1, 0.15) is 17.9 Å². The molecule has 0 aromatic carbocycles. The standard InChI is InChI=1S/C10H17NO5/c1-6(8(13)14)7(5-12)11-9(15)16-10(2,3)4/h5-7H,1-4H3,(H,11,15)(H,13,14)/t6-,7?/m0/s1. The van der Waals surface area contributed by atoms with E-state index in [1.165, 1.54) is 6.92 Å². The highest BCUT2D eigenvalue weighted by molar-refractivity contribution is 5.80. The lowest BCUT2D eigenvalue weighted by atomic mass is 10.0. The number of ether oxygens (including phenoxy) is 1. The number of alkyl carbamates (subject to hydrolysis) is 1. The molecule has 1 unspecified atom stereocenters. The maximum Gasteiger partial charge on any atom is 0.408 e. The number of nitrogens with one attached hydrogen (secondary N) is 1. The minimum Gasteiger partial charge on any atom is -0.481 e. The fraction of sp³-hybridized carbons (Fsp3) is 0.700. The molecule has 0 heterocycles. The van der Waals surface area contributed by atoms with Crippen molar-refractivity contribution in [2.45, 2.75) is 39.3 Å². The van der Waals surface area contributed by atoms with E-state index >= 15 is 0 Å². The quantitative estimate of drug-likeness (QED) is 0.698. The molecular formula is C10H17NO5. The third kappa shape index (κ3) is 5.33. The molecule has 0 aromatic rings. The molecule has 2 atom stereocenters. The average molecular weight is 231 g/mol. The monoisotopic (exact) mass is 231 g/mol. The van der Waals surface area contributed by atoms with E-state index in [0.29, 0.717) is 6.29 Å². The largest absolute Gasteiger partial charge is 0.481 e. The fourth-order valence-corrected chi connectivity index (χ4v) is 0.874. The molecule has 1 amide bonds. The van der Waals surface area contributed by atoms with E-state index in [1.807, 2.05) is 0 Å². The lowest BCUT2D eigenvalue weighted by Crippen LogP contribution is -2.45. The van der Waals surface area contributed by atoms with Crippen molar-refractivity contribution < 1.29 is 24.2 Å². The zero-order valence-electron chi connectivity index (χ0n) is 9.81. The third-order valence-corrected chi connectivity index (χ3v) is 1.76. The normalized spacial score (nSPS) is 14.8. The molecule has 0 spiro atoms. The van der Waals surface area contributed by atoms with Crippen LogP contribution in [0.25, 0.3) is 0 Å². The van der Waals surface area contributed by atoms with Gasteiger partial charge in [-0.05, 0) is 27.7 Å². The number of rotatable bonds is 4. The second-order valence-electron chi connectivity index (χ2n) is 4.44. The molecule has 0 aliphatic heterocycles. The van der Waals surface area contributed by atoms with Gasteiger partial charge in [0, 0.05) is 0 Å². The zero-order chi connectivity index (χ0) is 12.9. The van der Waals surface area contributed by atoms with E-state index in [2.05, 4.69) is 5.32 Å². The van der Waals surface area contributed by atoms with Gasteiger partial charge >= 0.3 is 12.1 Å². The number of amides is 1. The summed E-state index contributed by atoms with van der Waals surface area (Å²) in [6, 6.07) is -1.09. The third-order valence-electron chi connectivity index (χ3n) is 1.76. The van der Waals surface area contributed by atoms with Crippen LogP contribution < -0.4 is 5.32 Å². The van der Waals surface area contributed by atoms with Crippen molar-refractivity contribution >= 4 is 18.3 Å². The molecule has 0 aliphatic carbocycles. The van der Waals surface area contributed by atoms with Crippen molar-refractivity contribution in [3.8, 4) is 0 Å². The summed E-state index contributed by atoms with van der Waals surface area (Å²) in [6.07, 6.45) is -0.430. The van der Waals surface area contributed by atoms with E-state index < -0.39 is 29.6 Å². The van der Waals surface area contributed by atoms with Crippen LogP contribution in [0.2, 0.25) is 0 Å². The van der Waals surface area contributed by atoms with E-state index in [1.54, 1.807) is 20.8 Å². The van der Waals surface area contributed by atoms with E-state index in [-0.39, 0.29) is 0 Å². The topological polar surface area (TPSA) is 92.7 Å². The lowest BCUT2D eigenvalue weighted by molar-refractivity contribution is -0.143. The van der Waals surface area contributed by atoms with Crippen LogP contribution in [0.3, 0.4) is 0 Å². The molecule has 0 bridgehead atoms. The van der Waals surface area contributed by atoms with Crippen molar-refractivity contribution in [3.05, 3.63) is 0 Å². The van der Waals surface area contributed by atoms with Gasteiger partial charge in [0.05, 0.1) is 5.92 Å². The smallest absolute Gasteiger partial charge is 0.408 e. The first-order chi connectivity index (χ1) is 7.17. The van der Waals surface area contributed by atoms with Crippen LogP contribution in [0.4, 0.5) is 4.79 Å². The number of carboxylic acids is 1. The van der Waals surface area contributed by atoms with E-state index in [0.717, 1.165) is 0 Å². The minimum absolute atomic E-state index is 0.378. The number of hydrogen-bond acceptors (Lipinski definition) is 4. The summed E-state index contributed by atoms with van der Waals surface area (Å²) in [7, 11) is 0. The second-order valence-corrected chi connectivity index (χ2v) is 4.44. The lowest BCUT2D eigenvalue weighted by Gasteiger charge is -2.22. The summed E-state index contributed by atoms with van der Waals surface area (Å²) < 4.78 is 4.90. The first-order valence-electron chi connectivity index (χ1n) is 4.85. The molecule has 6 nitrogen and oxygen atoms in total. The second kappa shape index (κ2) is 5.48. The first kappa shape index (κ1) is 14.4. The molecule has 0 rings (SSSR count). The molecule has 16 heavy (non-hydrogen) atoms. The van der Waals surface area contributed by atoms with Crippen LogP contribution in [-0.2, 0) is 14.3 Å². The van der Waals surface area contributed by atoms with Crippen LogP contribution in [0, 0.1) is 5.92 Å². The van der Waals surface area contributed by atoms with Crippen molar-refractivity contribution in [1.29, 1.82) is 0 Å². The summed E-state index contributed by atoms with van der Waals surface area (Å²) in [6.45, 7) is 6.34. The van der Waals surface area contributed by atoms with Crippen molar-refractivity contribution in [1.82, 2.24) is 5.32 Å².